The first kappa shape index (κ1) is 57.2. The number of hydrogen-bond donors (Lipinski definition) is 4. The Kier molecular flexibility index (Phi) is 21.7. The Morgan fingerprint density at radius 1 is 0.930 bits per heavy atom. The summed E-state index contributed by atoms with van der Waals surface area (Å²) in [5.41, 5.74) is 9.62. The molecule has 3 fully saturated rings. The number of piperidine rings is 1. The number of fused-ring (bicyclic) bond motifs is 3. The highest BCUT2D eigenvalue weighted by Crippen LogP contribution is 2.37. The lowest BCUT2D eigenvalue weighted by Crippen LogP contribution is -2.60. The molecule has 4 aliphatic rings. The van der Waals surface area contributed by atoms with E-state index in [0.29, 0.717) is 86.7 Å². The van der Waals surface area contributed by atoms with Gasteiger partial charge in [-0.25, -0.2) is 4.79 Å². The fourth-order valence-corrected chi connectivity index (χ4v) is 10.7. The molecule has 3 aliphatic heterocycles. The molecule has 2 bridgehead atoms. The maximum atomic E-state index is 14.5. The topological polar surface area (TPSA) is 231 Å². The van der Waals surface area contributed by atoms with Crippen molar-refractivity contribution in [3.63, 3.8) is 0 Å². The molecule has 5 N–H and O–H groups in total. The number of cyclic esters (lactones) is 1. The first-order valence-corrected chi connectivity index (χ1v) is 25.7. The number of benzene rings is 1. The summed E-state index contributed by atoms with van der Waals surface area (Å²) in [6.07, 6.45) is 12.9. The van der Waals surface area contributed by atoms with Gasteiger partial charge in [0, 0.05) is 50.8 Å². The molecule has 0 spiro atoms. The molecule has 1 aliphatic carbocycles. The van der Waals surface area contributed by atoms with Gasteiger partial charge < -0.3 is 44.9 Å². The van der Waals surface area contributed by atoms with Crippen LogP contribution in [0.15, 0.2) is 76.9 Å². The van der Waals surface area contributed by atoms with Crippen LogP contribution in [0, 0.1) is 40.9 Å². The zero-order valence-corrected chi connectivity index (χ0v) is 43.2. The number of ether oxygens (including phenoxy) is 4. The average Bonchev–Trinajstić information content (AvgIpc) is 3.35. The van der Waals surface area contributed by atoms with E-state index in [-0.39, 0.29) is 49.0 Å². The number of nitriles is 1. The number of allylic oxidation sites excluding steroid dienone is 6. The van der Waals surface area contributed by atoms with Crippen LogP contribution in [-0.4, -0.2) is 125 Å². The molecule has 5 rings (SSSR count). The zero-order valence-electron chi connectivity index (χ0n) is 43.2. The van der Waals surface area contributed by atoms with Crippen LogP contribution in [0.1, 0.15) is 131 Å². The summed E-state index contributed by atoms with van der Waals surface area (Å²) in [7, 11) is 2.99. The van der Waals surface area contributed by atoms with Gasteiger partial charge in [0.25, 0.3) is 11.7 Å². The number of rotatable bonds is 6. The number of methoxy groups -OCH3 is 2. The third kappa shape index (κ3) is 15.4. The van der Waals surface area contributed by atoms with Gasteiger partial charge in [0.1, 0.15) is 24.4 Å². The number of ketones is 2. The first-order valence-electron chi connectivity index (χ1n) is 25.7. The van der Waals surface area contributed by atoms with E-state index >= 15 is 0 Å². The Balaban J connectivity index is 1.50. The minimum Gasteiger partial charge on any atom is -0.461 e. The Bertz CT molecular complexity index is 2180. The molecule has 1 unspecified atom stereocenters. The van der Waals surface area contributed by atoms with Gasteiger partial charge in [-0.15, -0.1) is 0 Å². The molecule has 0 radical (unpaired) electrons. The number of amides is 1. The molecule has 15 nitrogen and oxygen atoms in total. The van der Waals surface area contributed by atoms with E-state index in [9.17, 15) is 39.8 Å². The molecule has 1 amide bonds. The number of aliphatic imine (C=N–C) groups is 1. The molecule has 15 heteroatoms. The summed E-state index contributed by atoms with van der Waals surface area (Å²) >= 11 is 0. The number of carbonyl (C=O) groups is 4. The van der Waals surface area contributed by atoms with E-state index in [1.165, 1.54) is 12.0 Å². The van der Waals surface area contributed by atoms with E-state index < -0.39 is 77.9 Å². The number of aliphatic hydroxyl groups excluding tert-OH is 2. The minimum absolute atomic E-state index is 0.00316. The van der Waals surface area contributed by atoms with Crippen LogP contribution < -0.4 is 5.73 Å². The van der Waals surface area contributed by atoms with Gasteiger partial charge in [-0.1, -0.05) is 64.2 Å². The summed E-state index contributed by atoms with van der Waals surface area (Å²) in [5, 5.41) is 43.6. The maximum Gasteiger partial charge on any atom is 0.329 e. The molecule has 3 heterocycles. The Morgan fingerprint density at radius 3 is 2.35 bits per heavy atom. The van der Waals surface area contributed by atoms with E-state index in [1.807, 2.05) is 58.1 Å². The lowest BCUT2D eigenvalue weighted by molar-refractivity contribution is -0.261. The van der Waals surface area contributed by atoms with Crippen LogP contribution in [-0.2, 0) is 38.1 Å². The van der Waals surface area contributed by atoms with Crippen molar-refractivity contribution in [2.75, 3.05) is 20.8 Å². The normalized spacial score (nSPS) is 37.3. The van der Waals surface area contributed by atoms with Gasteiger partial charge in [0.2, 0.25) is 5.79 Å². The smallest absolute Gasteiger partial charge is 0.329 e. The van der Waals surface area contributed by atoms with Crippen molar-refractivity contribution in [2.45, 2.75) is 180 Å². The van der Waals surface area contributed by atoms with E-state index in [1.54, 1.807) is 51.3 Å². The molecule has 1 saturated carbocycles. The fraction of sp³-hybridized carbons (Fsp3) is 0.643. The molecule has 0 aromatic heterocycles. The van der Waals surface area contributed by atoms with Gasteiger partial charge in [0.05, 0.1) is 35.6 Å². The van der Waals surface area contributed by atoms with Crippen molar-refractivity contribution in [3.8, 4) is 6.07 Å². The Hall–Kier alpha value is -4.66. The molecule has 1 aromatic rings. The number of carbonyl (C=O) groups excluding carboxylic acids is 4. The standard InChI is InChI=1S/C56H80N4O11/c1-34-14-10-9-11-15-35(2)45(59-43-22-18-40(33-57)19-23-43)32-44-24-17-39(6)56(67,71-44)53(64)54(65)60-27-13-12-16-46(60)55(66)70-48(36(3)29-41-20-25-47(61)49(31-41)68-7)26-21-42(58)30-38(5)51(63)52(69-8)50(62)37(4)28-34/h9-11,14-15,18-19,22-23,30,34,36-37,39,41-42,44,46-49,51-52,61,63,67H,12-13,16-17,20-21,24-29,31-32,58H2,1-8H3/b11-9+,14-10+,35-15+,38-30+,59-45?/t34-,36-,37-,39-,41?,42+,44+,46+,47-,48+,49-,51-,52+,56-/m1/s1. The first-order chi connectivity index (χ1) is 33.8. The predicted molar refractivity (Wildman–Crippen MR) is 271 cm³/mol. The van der Waals surface area contributed by atoms with Crippen LogP contribution in [0.3, 0.4) is 0 Å². The predicted octanol–water partition coefficient (Wildman–Crippen LogP) is 7.32. The summed E-state index contributed by atoms with van der Waals surface area (Å²) in [4.78, 5) is 63.3. The zero-order chi connectivity index (χ0) is 52.0. The number of Topliss-reactive ketones (excluding diaryl/α,β-unsaturated/α-hetero) is 2. The highest BCUT2D eigenvalue weighted by atomic mass is 16.6. The van der Waals surface area contributed by atoms with Crippen molar-refractivity contribution in [1.29, 1.82) is 5.26 Å². The van der Waals surface area contributed by atoms with Gasteiger partial charge >= 0.3 is 5.97 Å². The summed E-state index contributed by atoms with van der Waals surface area (Å²) < 4.78 is 23.9. The van der Waals surface area contributed by atoms with Crippen LogP contribution in [0.25, 0.3) is 0 Å². The van der Waals surface area contributed by atoms with Crippen molar-refractivity contribution in [2.24, 2.45) is 40.3 Å². The van der Waals surface area contributed by atoms with Crippen molar-refractivity contribution in [1.82, 2.24) is 4.90 Å². The Morgan fingerprint density at radius 2 is 1.66 bits per heavy atom. The van der Waals surface area contributed by atoms with Gasteiger partial charge in [-0.05, 0) is 144 Å². The highest BCUT2D eigenvalue weighted by molar-refractivity contribution is 6.39. The fourth-order valence-electron chi connectivity index (χ4n) is 10.7. The van der Waals surface area contributed by atoms with Crippen LogP contribution in [0.4, 0.5) is 5.69 Å². The van der Waals surface area contributed by atoms with Crippen LogP contribution >= 0.6 is 0 Å². The maximum absolute atomic E-state index is 14.5. The van der Waals surface area contributed by atoms with Crippen molar-refractivity contribution >= 4 is 34.8 Å². The van der Waals surface area contributed by atoms with Gasteiger partial charge in [-0.3, -0.25) is 19.4 Å². The monoisotopic (exact) mass is 985 g/mol. The molecular formula is C56H80N4O11. The molecule has 71 heavy (non-hydrogen) atoms. The molecule has 14 atom stereocenters. The highest BCUT2D eigenvalue weighted by Gasteiger charge is 2.53. The van der Waals surface area contributed by atoms with Gasteiger partial charge in [-0.2, -0.15) is 5.26 Å². The lowest BCUT2D eigenvalue weighted by atomic mass is 9.78. The lowest BCUT2D eigenvalue weighted by Gasteiger charge is -2.42. The number of nitrogens with zero attached hydrogens (tertiary/aromatic N) is 3. The van der Waals surface area contributed by atoms with Crippen LogP contribution in [0.5, 0.6) is 0 Å². The van der Waals surface area contributed by atoms with Crippen molar-refractivity contribution < 1.29 is 53.4 Å². The second-order valence-corrected chi connectivity index (χ2v) is 20.8. The van der Waals surface area contributed by atoms with Crippen LogP contribution in [0.2, 0.25) is 0 Å². The molecule has 390 valence electrons. The largest absolute Gasteiger partial charge is 0.461 e. The molecular weight excluding hydrogens is 905 g/mol. The minimum atomic E-state index is -2.47. The quantitative estimate of drug-likeness (QED) is 0.125. The van der Waals surface area contributed by atoms with Crippen molar-refractivity contribution in [3.05, 3.63) is 77.4 Å². The molecule has 2 saturated heterocycles. The molecule has 1 aromatic carbocycles. The summed E-state index contributed by atoms with van der Waals surface area (Å²) in [6.45, 7) is 11.2. The second-order valence-electron chi connectivity index (χ2n) is 20.8. The van der Waals surface area contributed by atoms with E-state index in [0.717, 1.165) is 12.0 Å². The third-order valence-corrected chi connectivity index (χ3v) is 15.2. The second kappa shape index (κ2) is 26.9. The number of esters is 1. The number of hydrogen-bond acceptors (Lipinski definition) is 14. The van der Waals surface area contributed by atoms with E-state index in [4.69, 9.17) is 29.7 Å². The van der Waals surface area contributed by atoms with E-state index in [2.05, 4.69) is 6.07 Å². The average molecular weight is 985 g/mol. The Labute approximate surface area is 421 Å². The summed E-state index contributed by atoms with van der Waals surface area (Å²) in [6, 6.07) is 7.25. The number of nitrogens with two attached hydrogens (primary N) is 1. The van der Waals surface area contributed by atoms with Gasteiger partial charge in [0.15, 0.2) is 5.78 Å². The third-order valence-electron chi connectivity index (χ3n) is 15.2. The SMILES string of the molecule is CO[C@@H]1CC(C[C@@H](C)[C@@H]2CC[C@H](N)/C=C(\C)[C@@H](O)[C@@H](OC)C(=O)[C@H](C)C[C@H](C)/C=C/C=C/C=C(\C)C(=Nc3ccc(C#N)cc3)C[C@@H]3CC[C@@H](C)[C@@](O)(O3)C(=O)C(=O)N3CCCC[C@H]3C(=O)O2)CC[C@H]1O. The summed E-state index contributed by atoms with van der Waals surface area (Å²) in [5.74, 6) is -6.68. The number of aliphatic hydroxyl groups is 3.